The molecule has 0 aliphatic rings. The van der Waals surface area contributed by atoms with Crippen LogP contribution in [-0.2, 0) is 16.0 Å². The number of benzene rings is 1. The molecule has 3 N–H and O–H groups in total. The van der Waals surface area contributed by atoms with Crippen LogP contribution < -0.4 is 5.73 Å². The fourth-order valence-corrected chi connectivity index (χ4v) is 2.34. The first-order valence-corrected chi connectivity index (χ1v) is 7.94. The molecule has 1 aromatic rings. The van der Waals surface area contributed by atoms with Crippen LogP contribution in [0.3, 0.4) is 0 Å². The molecule has 25 heavy (non-hydrogen) atoms. The predicted octanol–water partition coefficient (Wildman–Crippen LogP) is 3.30. The van der Waals surface area contributed by atoms with E-state index in [2.05, 4.69) is 33.5 Å². The number of aliphatic hydroxyl groups is 1. The zero-order valence-electron chi connectivity index (χ0n) is 15.3. The van der Waals surface area contributed by atoms with Gasteiger partial charge in [0, 0.05) is 10.0 Å². The molecular formula is C17H25BrN2O5. The van der Waals surface area contributed by atoms with Gasteiger partial charge in [-0.25, -0.2) is 0 Å². The number of hydrogen-bond donors (Lipinski definition) is 2. The smallest absolute Gasteiger partial charge is 0.310 e. The Bertz CT molecular complexity index is 643. The molecule has 0 saturated heterocycles. The van der Waals surface area contributed by atoms with Gasteiger partial charge in [-0.3, -0.25) is 14.9 Å². The molecule has 8 heteroatoms. The summed E-state index contributed by atoms with van der Waals surface area (Å²) in [6, 6.07) is 0. The van der Waals surface area contributed by atoms with E-state index in [4.69, 9.17) is 10.8 Å². The molecule has 0 aliphatic heterocycles. The summed E-state index contributed by atoms with van der Waals surface area (Å²) in [5.74, 6) is -0.461. The lowest BCUT2D eigenvalue weighted by atomic mass is 9.99. The van der Waals surface area contributed by atoms with Gasteiger partial charge >= 0.3 is 5.97 Å². The number of anilines is 1. The Morgan fingerprint density at radius 2 is 1.72 bits per heavy atom. The number of ether oxygens (including phenoxy) is 1. The molecule has 0 aliphatic carbocycles. The quantitative estimate of drug-likeness (QED) is 0.256. The summed E-state index contributed by atoms with van der Waals surface area (Å²) in [7, 11) is 1.27. The Balaban J connectivity index is 0. The van der Waals surface area contributed by atoms with Gasteiger partial charge in [0.1, 0.15) is 5.69 Å². The molecular weight excluding hydrogens is 392 g/mol. The van der Waals surface area contributed by atoms with Crippen LogP contribution in [0.4, 0.5) is 11.4 Å². The molecule has 1 aromatic carbocycles. The number of rotatable bonds is 3. The van der Waals surface area contributed by atoms with Crippen LogP contribution in [0, 0.1) is 36.8 Å². The first-order valence-electron chi connectivity index (χ1n) is 7.15. The maximum absolute atomic E-state index is 11.3. The highest BCUT2D eigenvalue weighted by Gasteiger charge is 2.25. The van der Waals surface area contributed by atoms with E-state index in [1.54, 1.807) is 34.6 Å². The van der Waals surface area contributed by atoms with Crippen molar-refractivity contribution in [1.29, 1.82) is 0 Å². The number of halogens is 1. The average molecular weight is 417 g/mol. The Hall–Kier alpha value is -2.11. The van der Waals surface area contributed by atoms with Gasteiger partial charge < -0.3 is 15.6 Å². The summed E-state index contributed by atoms with van der Waals surface area (Å²) in [6.07, 6.45) is 7.96. The zero-order chi connectivity index (χ0) is 20.5. The van der Waals surface area contributed by atoms with Crippen LogP contribution in [-0.4, -0.2) is 28.7 Å². The zero-order valence-corrected chi connectivity index (χ0v) is 16.9. The average Bonchev–Trinajstić information content (AvgIpc) is 2.49. The van der Waals surface area contributed by atoms with Crippen molar-refractivity contribution in [3.8, 4) is 12.8 Å². The molecule has 0 unspecified atom stereocenters. The molecule has 0 fully saturated rings. The Labute approximate surface area is 156 Å². The third-order valence-electron chi connectivity index (χ3n) is 2.79. The van der Waals surface area contributed by atoms with Gasteiger partial charge in [-0.2, -0.15) is 0 Å². The van der Waals surface area contributed by atoms with Crippen LogP contribution in [0.15, 0.2) is 4.47 Å². The molecule has 0 amide bonds. The Morgan fingerprint density at radius 3 is 2.04 bits per heavy atom. The molecule has 0 saturated carbocycles. The number of carbonyl (C=O) groups is 1. The highest BCUT2D eigenvalue weighted by molar-refractivity contribution is 9.10. The van der Waals surface area contributed by atoms with Gasteiger partial charge in [0.05, 0.1) is 24.1 Å². The summed E-state index contributed by atoms with van der Waals surface area (Å²) >= 11 is 3.31. The number of hydrogen-bond acceptors (Lipinski definition) is 6. The third-order valence-corrected chi connectivity index (χ3v) is 3.87. The first-order chi connectivity index (χ1) is 11.3. The molecule has 1 rings (SSSR count). The van der Waals surface area contributed by atoms with Gasteiger partial charge in [0.15, 0.2) is 0 Å². The maximum Gasteiger partial charge on any atom is 0.310 e. The number of terminal acetylenes is 1. The van der Waals surface area contributed by atoms with Crippen molar-refractivity contribution in [1.82, 2.24) is 0 Å². The highest BCUT2D eigenvalue weighted by atomic mass is 79.9. The lowest BCUT2D eigenvalue weighted by Crippen LogP contribution is -2.10. The minimum atomic E-state index is -0.537. The molecule has 0 aromatic heterocycles. The van der Waals surface area contributed by atoms with E-state index in [-0.39, 0.29) is 17.8 Å². The molecule has 0 heterocycles. The van der Waals surface area contributed by atoms with Crippen molar-refractivity contribution < 1.29 is 19.6 Å². The SMILES string of the molecule is C#C.CC(C)(C)O.COC(=O)Cc1c(C)c([N+](=O)[O-])c(N)c(C)c1Br. The standard InChI is InChI=1S/C11H13BrN2O4.C4H10O.C2H2/c1-5-7(4-8(15)18-3)9(12)6(2)10(13)11(5)14(16)17;1-4(2,3)5;1-2/h4,13H2,1-3H3;5H,1-3H3;1-2H. The van der Waals surface area contributed by atoms with Crippen LogP contribution in [0.25, 0.3) is 0 Å². The van der Waals surface area contributed by atoms with Crippen molar-refractivity contribution >= 4 is 33.3 Å². The second-order valence-corrected chi connectivity index (χ2v) is 6.78. The molecule has 140 valence electrons. The van der Waals surface area contributed by atoms with Crippen LogP contribution in [0.2, 0.25) is 0 Å². The number of methoxy groups -OCH3 is 1. The number of nitro groups is 1. The summed E-state index contributed by atoms with van der Waals surface area (Å²) < 4.78 is 5.18. The number of esters is 1. The molecule has 7 nitrogen and oxygen atoms in total. The van der Waals surface area contributed by atoms with Crippen LogP contribution >= 0.6 is 15.9 Å². The van der Waals surface area contributed by atoms with E-state index in [0.717, 1.165) is 0 Å². The Kier molecular flexibility index (Phi) is 10.7. The van der Waals surface area contributed by atoms with Crippen molar-refractivity contribution in [2.75, 3.05) is 12.8 Å². The monoisotopic (exact) mass is 416 g/mol. The van der Waals surface area contributed by atoms with Crippen molar-refractivity contribution in [2.24, 2.45) is 0 Å². The topological polar surface area (TPSA) is 116 Å². The predicted molar refractivity (Wildman–Crippen MR) is 102 cm³/mol. The minimum Gasteiger partial charge on any atom is -0.469 e. The van der Waals surface area contributed by atoms with Crippen LogP contribution in [0.1, 0.15) is 37.5 Å². The fraction of sp³-hybridized carbons (Fsp3) is 0.471. The van der Waals surface area contributed by atoms with E-state index < -0.39 is 16.5 Å². The van der Waals surface area contributed by atoms with Gasteiger partial charge in [0.25, 0.3) is 5.69 Å². The largest absolute Gasteiger partial charge is 0.469 e. The summed E-state index contributed by atoms with van der Waals surface area (Å²) in [4.78, 5) is 21.8. The highest BCUT2D eigenvalue weighted by Crippen LogP contribution is 2.38. The van der Waals surface area contributed by atoms with Crippen molar-refractivity contribution in [3.05, 3.63) is 31.3 Å². The second kappa shape index (κ2) is 10.7. The number of carbonyl (C=O) groups excluding carboxylic acids is 1. The number of nitrogens with two attached hydrogens (primary N) is 1. The second-order valence-electron chi connectivity index (χ2n) is 5.99. The fourth-order valence-electron chi connectivity index (χ4n) is 1.69. The van der Waals surface area contributed by atoms with E-state index in [1.807, 2.05) is 0 Å². The van der Waals surface area contributed by atoms with E-state index in [0.29, 0.717) is 21.2 Å². The minimum absolute atomic E-state index is 0.0368. The summed E-state index contributed by atoms with van der Waals surface area (Å²) in [5.41, 5.74) is 6.63. The van der Waals surface area contributed by atoms with Gasteiger partial charge in [-0.1, -0.05) is 15.9 Å². The van der Waals surface area contributed by atoms with Crippen molar-refractivity contribution in [2.45, 2.75) is 46.6 Å². The number of nitro benzene ring substituents is 1. The molecule has 0 atom stereocenters. The van der Waals surface area contributed by atoms with E-state index >= 15 is 0 Å². The Morgan fingerprint density at radius 1 is 1.32 bits per heavy atom. The molecule has 0 spiro atoms. The summed E-state index contributed by atoms with van der Waals surface area (Å²) in [6.45, 7) is 8.45. The van der Waals surface area contributed by atoms with E-state index in [9.17, 15) is 14.9 Å². The number of nitrogens with zero attached hydrogens (tertiary/aromatic N) is 1. The van der Waals surface area contributed by atoms with Gasteiger partial charge in [0.2, 0.25) is 0 Å². The van der Waals surface area contributed by atoms with Gasteiger partial charge in [-0.15, -0.1) is 12.8 Å². The molecule has 0 bridgehead atoms. The lowest BCUT2D eigenvalue weighted by molar-refractivity contribution is -0.384. The first kappa shape index (κ1) is 25.1. The van der Waals surface area contributed by atoms with Crippen LogP contribution in [0.5, 0.6) is 0 Å². The van der Waals surface area contributed by atoms with Crippen molar-refractivity contribution in [3.63, 3.8) is 0 Å². The lowest BCUT2D eigenvalue weighted by Gasteiger charge is -2.13. The summed E-state index contributed by atoms with van der Waals surface area (Å²) in [5, 5.41) is 19.5. The number of nitrogen functional groups attached to an aromatic ring is 1. The van der Waals surface area contributed by atoms with Gasteiger partial charge in [-0.05, 0) is 45.7 Å². The third kappa shape index (κ3) is 8.52. The maximum atomic E-state index is 11.3. The molecule has 0 radical (unpaired) electrons. The normalized spacial score (nSPS) is 9.84. The van der Waals surface area contributed by atoms with E-state index in [1.165, 1.54) is 7.11 Å².